The molecule has 1 aliphatic rings. The van der Waals surface area contributed by atoms with Crippen molar-refractivity contribution in [2.45, 2.75) is 13.0 Å². The Labute approximate surface area is 135 Å². The van der Waals surface area contributed by atoms with Gasteiger partial charge in [-0.15, -0.1) is 0 Å². The smallest absolute Gasteiger partial charge is 0.269 e. The van der Waals surface area contributed by atoms with E-state index in [1.807, 2.05) is 48.5 Å². The lowest BCUT2D eigenvalue weighted by atomic mass is 10.1. The van der Waals surface area contributed by atoms with Gasteiger partial charge in [-0.05, 0) is 24.3 Å². The van der Waals surface area contributed by atoms with Crippen molar-refractivity contribution in [1.82, 2.24) is 0 Å². The predicted octanol–water partition coefficient (Wildman–Crippen LogP) is 2.46. The molecule has 0 aromatic heterocycles. The first kappa shape index (κ1) is 15.1. The third-order valence-electron chi connectivity index (χ3n) is 3.90. The molecule has 1 aliphatic heterocycles. The number of rotatable bonds is 2. The molecule has 0 bridgehead atoms. The van der Waals surface area contributed by atoms with Crippen LogP contribution in [0, 0.1) is 0 Å². The maximum absolute atomic E-state index is 12.7. The van der Waals surface area contributed by atoms with Crippen LogP contribution in [0.4, 0.5) is 11.4 Å². The molecule has 0 spiro atoms. The summed E-state index contributed by atoms with van der Waals surface area (Å²) in [6.45, 7) is 1.70. The third kappa shape index (κ3) is 2.90. The summed E-state index contributed by atoms with van der Waals surface area (Å²) in [6.07, 6.45) is -0.723. The Morgan fingerprint density at radius 1 is 1.09 bits per heavy atom. The molecule has 0 saturated carbocycles. The van der Waals surface area contributed by atoms with E-state index in [4.69, 9.17) is 4.74 Å². The van der Waals surface area contributed by atoms with E-state index < -0.39 is 6.10 Å². The Balaban J connectivity index is 1.87. The first-order valence-corrected chi connectivity index (χ1v) is 7.44. The maximum atomic E-state index is 12.7. The number of carbonyl (C=O) groups excluding carboxylic acids is 2. The van der Waals surface area contributed by atoms with E-state index in [0.29, 0.717) is 11.4 Å². The van der Waals surface area contributed by atoms with E-state index in [9.17, 15) is 9.59 Å². The number of para-hydroxylation sites is 3. The van der Waals surface area contributed by atoms with Crippen molar-refractivity contribution in [3.63, 3.8) is 0 Å². The van der Waals surface area contributed by atoms with Crippen molar-refractivity contribution in [2.75, 3.05) is 23.4 Å². The minimum absolute atomic E-state index is 0.110. The Morgan fingerprint density at radius 3 is 2.43 bits per heavy atom. The second-order valence-electron chi connectivity index (χ2n) is 5.44. The summed E-state index contributed by atoms with van der Waals surface area (Å²) in [5, 5.41) is 0. The van der Waals surface area contributed by atoms with E-state index >= 15 is 0 Å². The molecule has 0 radical (unpaired) electrons. The van der Waals surface area contributed by atoms with Crippen LogP contribution in [0.5, 0.6) is 5.75 Å². The van der Waals surface area contributed by atoms with Gasteiger partial charge in [-0.2, -0.15) is 0 Å². The van der Waals surface area contributed by atoms with E-state index in [1.165, 1.54) is 6.92 Å². The second-order valence-corrected chi connectivity index (χ2v) is 5.44. The minimum atomic E-state index is -0.723. The average Bonchev–Trinajstić information content (AvgIpc) is 2.60. The summed E-state index contributed by atoms with van der Waals surface area (Å²) in [7, 11) is 1.71. The minimum Gasteiger partial charge on any atom is -0.476 e. The highest BCUT2D eigenvalue weighted by Crippen LogP contribution is 2.33. The van der Waals surface area contributed by atoms with Crippen molar-refractivity contribution >= 4 is 23.2 Å². The molecule has 23 heavy (non-hydrogen) atoms. The molecule has 0 N–H and O–H groups in total. The van der Waals surface area contributed by atoms with Gasteiger partial charge in [0.1, 0.15) is 5.75 Å². The lowest BCUT2D eigenvalue weighted by Crippen LogP contribution is -2.50. The van der Waals surface area contributed by atoms with Gasteiger partial charge in [0.25, 0.3) is 5.91 Å². The molecule has 0 fully saturated rings. The fraction of sp³-hybridized carbons (Fsp3) is 0.222. The molecule has 5 heteroatoms. The van der Waals surface area contributed by atoms with Crippen LogP contribution in [0.15, 0.2) is 54.6 Å². The molecule has 118 valence electrons. The van der Waals surface area contributed by atoms with Crippen LogP contribution in [0.1, 0.15) is 6.92 Å². The number of carbonyl (C=O) groups is 2. The fourth-order valence-corrected chi connectivity index (χ4v) is 2.66. The highest BCUT2D eigenvalue weighted by molar-refractivity contribution is 6.00. The lowest BCUT2D eigenvalue weighted by Gasteiger charge is -2.35. The number of anilines is 2. The van der Waals surface area contributed by atoms with E-state index in [0.717, 1.165) is 5.69 Å². The fourth-order valence-electron chi connectivity index (χ4n) is 2.66. The Morgan fingerprint density at radius 2 is 1.74 bits per heavy atom. The second kappa shape index (κ2) is 6.12. The van der Waals surface area contributed by atoms with Gasteiger partial charge in [-0.1, -0.05) is 30.3 Å². The van der Waals surface area contributed by atoms with Crippen molar-refractivity contribution < 1.29 is 14.3 Å². The van der Waals surface area contributed by atoms with Gasteiger partial charge < -0.3 is 14.5 Å². The van der Waals surface area contributed by atoms with Crippen LogP contribution in [0.2, 0.25) is 0 Å². The van der Waals surface area contributed by atoms with Crippen molar-refractivity contribution in [3.8, 4) is 5.75 Å². The number of benzene rings is 2. The Hall–Kier alpha value is -2.82. The standard InChI is InChI=1S/C18H18N2O3/c1-13(21)20-12-17(23-16-11-7-6-10-15(16)20)18(22)19(2)14-8-4-3-5-9-14/h3-11,17H,12H2,1-2H3/t17-/m0/s1. The van der Waals surface area contributed by atoms with Crippen LogP contribution < -0.4 is 14.5 Å². The quantitative estimate of drug-likeness (QED) is 0.856. The molecule has 2 amide bonds. The zero-order chi connectivity index (χ0) is 16.4. The number of ether oxygens (including phenoxy) is 1. The van der Waals surface area contributed by atoms with Crippen molar-refractivity contribution in [1.29, 1.82) is 0 Å². The molecule has 0 aliphatic carbocycles. The third-order valence-corrected chi connectivity index (χ3v) is 3.90. The Kier molecular flexibility index (Phi) is 4.02. The SMILES string of the molecule is CC(=O)N1C[C@@H](C(=O)N(C)c2ccccc2)Oc2ccccc21. The number of amides is 2. The highest BCUT2D eigenvalue weighted by Gasteiger charge is 2.34. The molecule has 2 aromatic rings. The first-order chi connectivity index (χ1) is 11.1. The summed E-state index contributed by atoms with van der Waals surface area (Å²) in [5.74, 6) is 0.256. The predicted molar refractivity (Wildman–Crippen MR) is 88.7 cm³/mol. The monoisotopic (exact) mass is 310 g/mol. The number of hydrogen-bond acceptors (Lipinski definition) is 3. The van der Waals surface area contributed by atoms with E-state index in [1.54, 1.807) is 22.9 Å². The van der Waals surface area contributed by atoms with Crippen LogP contribution in [0.25, 0.3) is 0 Å². The molecule has 3 rings (SSSR count). The molecular formula is C18H18N2O3. The number of fused-ring (bicyclic) bond motifs is 1. The highest BCUT2D eigenvalue weighted by atomic mass is 16.5. The molecule has 5 nitrogen and oxygen atoms in total. The van der Waals surface area contributed by atoms with Crippen LogP contribution >= 0.6 is 0 Å². The van der Waals surface area contributed by atoms with Crippen LogP contribution in [-0.2, 0) is 9.59 Å². The average molecular weight is 310 g/mol. The number of hydrogen-bond donors (Lipinski definition) is 0. The van der Waals surface area contributed by atoms with Gasteiger partial charge in [0.15, 0.2) is 6.10 Å². The van der Waals surface area contributed by atoms with Crippen molar-refractivity contribution in [3.05, 3.63) is 54.6 Å². The summed E-state index contributed by atoms with van der Waals surface area (Å²) in [6, 6.07) is 16.6. The first-order valence-electron chi connectivity index (χ1n) is 7.44. The Bertz CT molecular complexity index is 730. The zero-order valence-corrected chi connectivity index (χ0v) is 13.1. The van der Waals surface area contributed by atoms with E-state index in [-0.39, 0.29) is 18.4 Å². The molecule has 0 saturated heterocycles. The van der Waals surface area contributed by atoms with Gasteiger partial charge in [-0.25, -0.2) is 0 Å². The largest absolute Gasteiger partial charge is 0.476 e. The zero-order valence-electron chi connectivity index (χ0n) is 13.1. The summed E-state index contributed by atoms with van der Waals surface area (Å²) >= 11 is 0. The van der Waals surface area contributed by atoms with Crippen LogP contribution in [-0.4, -0.2) is 31.5 Å². The lowest BCUT2D eigenvalue weighted by molar-refractivity contribution is -0.125. The van der Waals surface area contributed by atoms with Gasteiger partial charge >= 0.3 is 0 Å². The van der Waals surface area contributed by atoms with Gasteiger partial charge in [0.05, 0.1) is 12.2 Å². The van der Waals surface area contributed by atoms with Crippen LogP contribution in [0.3, 0.4) is 0 Å². The molecule has 2 aromatic carbocycles. The summed E-state index contributed by atoms with van der Waals surface area (Å²) in [5.41, 5.74) is 1.49. The topological polar surface area (TPSA) is 49.9 Å². The van der Waals surface area contributed by atoms with E-state index in [2.05, 4.69) is 0 Å². The summed E-state index contributed by atoms with van der Waals surface area (Å²) in [4.78, 5) is 27.8. The molecule has 1 heterocycles. The molecule has 0 unspecified atom stereocenters. The van der Waals surface area contributed by atoms with Gasteiger partial charge in [-0.3, -0.25) is 9.59 Å². The molecular weight excluding hydrogens is 292 g/mol. The van der Waals surface area contributed by atoms with Crippen molar-refractivity contribution in [2.24, 2.45) is 0 Å². The maximum Gasteiger partial charge on any atom is 0.269 e. The van der Waals surface area contributed by atoms with Gasteiger partial charge in [0.2, 0.25) is 5.91 Å². The molecule has 1 atom stereocenters. The summed E-state index contributed by atoms with van der Waals surface area (Å²) < 4.78 is 5.83. The van der Waals surface area contributed by atoms with Gasteiger partial charge in [0, 0.05) is 19.7 Å². The normalized spacial score (nSPS) is 16.3. The number of nitrogens with zero attached hydrogens (tertiary/aromatic N) is 2. The number of likely N-dealkylation sites (N-methyl/N-ethyl adjacent to an activating group) is 1.